The number of carbonyl (C=O) groups is 1. The van der Waals surface area contributed by atoms with Gasteiger partial charge in [-0.25, -0.2) is 0 Å². The van der Waals surface area contributed by atoms with Crippen LogP contribution in [0.1, 0.15) is 17.0 Å². The fourth-order valence-corrected chi connectivity index (χ4v) is 3.57. The standard InChI is InChI=1S/C23H19BrN4O4/c1-14-10-16(15(2)27(14)19-6-4-18(24)5-7-19)11-17(13-25)23(29)26-21-9-8-20(32-3)12-22(21)28(30)31/h4-12H,1-3H3,(H,26,29)/b17-11+. The Balaban J connectivity index is 1.94. The first-order valence-corrected chi connectivity index (χ1v) is 10.2. The number of nitro groups is 1. The number of benzene rings is 2. The van der Waals surface area contributed by atoms with Gasteiger partial charge in [-0.2, -0.15) is 5.26 Å². The van der Waals surface area contributed by atoms with Gasteiger partial charge in [0.05, 0.1) is 18.1 Å². The normalized spacial score (nSPS) is 11.0. The number of carbonyl (C=O) groups excluding carboxylic acids is 1. The molecule has 3 rings (SSSR count). The summed E-state index contributed by atoms with van der Waals surface area (Å²) in [7, 11) is 1.39. The Kier molecular flexibility index (Phi) is 6.76. The molecule has 1 N–H and O–H groups in total. The van der Waals surface area contributed by atoms with Crippen molar-refractivity contribution >= 4 is 39.3 Å². The molecule has 9 heteroatoms. The van der Waals surface area contributed by atoms with E-state index in [0.717, 1.165) is 21.5 Å². The molecule has 0 saturated carbocycles. The molecule has 0 aliphatic rings. The maximum Gasteiger partial charge on any atom is 0.296 e. The van der Waals surface area contributed by atoms with Crippen LogP contribution in [0.25, 0.3) is 11.8 Å². The van der Waals surface area contributed by atoms with Crippen molar-refractivity contribution in [3.8, 4) is 17.5 Å². The zero-order chi connectivity index (χ0) is 23.4. The first-order valence-electron chi connectivity index (χ1n) is 9.45. The number of methoxy groups -OCH3 is 1. The summed E-state index contributed by atoms with van der Waals surface area (Å²) in [5, 5.41) is 23.4. The van der Waals surface area contributed by atoms with Crippen LogP contribution in [-0.4, -0.2) is 22.5 Å². The largest absolute Gasteiger partial charge is 0.496 e. The van der Waals surface area contributed by atoms with E-state index in [9.17, 15) is 20.2 Å². The number of nitriles is 1. The SMILES string of the molecule is COc1ccc(NC(=O)/C(C#N)=C/c2cc(C)n(-c3ccc(Br)cc3)c2C)c([N+](=O)[O-])c1. The Morgan fingerprint density at radius 1 is 1.22 bits per heavy atom. The molecular weight excluding hydrogens is 476 g/mol. The molecule has 8 nitrogen and oxygen atoms in total. The first-order chi connectivity index (χ1) is 15.2. The molecule has 1 heterocycles. The minimum absolute atomic E-state index is 0.0257. The number of aromatic nitrogens is 1. The van der Waals surface area contributed by atoms with Crippen LogP contribution in [0, 0.1) is 35.3 Å². The molecule has 32 heavy (non-hydrogen) atoms. The van der Waals surface area contributed by atoms with Crippen molar-refractivity contribution in [1.29, 1.82) is 5.26 Å². The second-order valence-corrected chi connectivity index (χ2v) is 7.82. The maximum absolute atomic E-state index is 12.7. The molecule has 3 aromatic rings. The molecule has 162 valence electrons. The average Bonchev–Trinajstić information content (AvgIpc) is 3.05. The first kappa shape index (κ1) is 22.8. The lowest BCUT2D eigenvalue weighted by molar-refractivity contribution is -0.384. The van der Waals surface area contributed by atoms with Crippen LogP contribution in [0.2, 0.25) is 0 Å². The quantitative estimate of drug-likeness (QED) is 0.215. The van der Waals surface area contributed by atoms with Crippen LogP contribution < -0.4 is 10.1 Å². The molecule has 0 saturated heterocycles. The van der Waals surface area contributed by atoms with E-state index in [-0.39, 0.29) is 22.7 Å². The van der Waals surface area contributed by atoms with Crippen LogP contribution in [0.15, 0.2) is 58.6 Å². The van der Waals surface area contributed by atoms with E-state index in [1.54, 1.807) is 0 Å². The van der Waals surface area contributed by atoms with Crippen LogP contribution in [0.3, 0.4) is 0 Å². The Hall–Kier alpha value is -3.90. The number of aryl methyl sites for hydroxylation is 1. The average molecular weight is 495 g/mol. The van der Waals surface area contributed by atoms with E-state index in [1.165, 1.54) is 31.4 Å². The highest BCUT2D eigenvalue weighted by molar-refractivity contribution is 9.10. The number of ether oxygens (including phenoxy) is 1. The molecule has 2 aromatic carbocycles. The van der Waals surface area contributed by atoms with Crippen LogP contribution >= 0.6 is 15.9 Å². The summed E-state index contributed by atoms with van der Waals surface area (Å²) >= 11 is 3.42. The van der Waals surface area contributed by atoms with E-state index in [0.29, 0.717) is 5.56 Å². The lowest BCUT2D eigenvalue weighted by atomic mass is 10.1. The molecule has 0 radical (unpaired) electrons. The van der Waals surface area contributed by atoms with Crippen molar-refractivity contribution in [3.05, 3.63) is 85.6 Å². The highest BCUT2D eigenvalue weighted by atomic mass is 79.9. The molecular formula is C23H19BrN4O4. The van der Waals surface area contributed by atoms with Gasteiger partial charge in [-0.3, -0.25) is 14.9 Å². The number of rotatable bonds is 6. The van der Waals surface area contributed by atoms with E-state index in [2.05, 4.69) is 21.2 Å². The molecule has 0 aliphatic carbocycles. The Morgan fingerprint density at radius 2 is 1.91 bits per heavy atom. The number of amides is 1. The fraction of sp³-hybridized carbons (Fsp3) is 0.130. The molecule has 0 atom stereocenters. The van der Waals surface area contributed by atoms with Crippen molar-refractivity contribution in [1.82, 2.24) is 4.57 Å². The van der Waals surface area contributed by atoms with Crippen molar-refractivity contribution in [2.45, 2.75) is 13.8 Å². The number of anilines is 1. The number of nitrogens with one attached hydrogen (secondary N) is 1. The second kappa shape index (κ2) is 9.49. The summed E-state index contributed by atoms with van der Waals surface area (Å²) in [5.74, 6) is -0.458. The monoisotopic (exact) mass is 494 g/mol. The van der Waals surface area contributed by atoms with E-state index in [4.69, 9.17) is 4.74 Å². The van der Waals surface area contributed by atoms with Crippen molar-refractivity contribution < 1.29 is 14.5 Å². The van der Waals surface area contributed by atoms with Crippen molar-refractivity contribution in [2.24, 2.45) is 0 Å². The Bertz CT molecular complexity index is 1270. The predicted molar refractivity (Wildman–Crippen MR) is 125 cm³/mol. The van der Waals surface area contributed by atoms with Gasteiger partial charge >= 0.3 is 0 Å². The third kappa shape index (κ3) is 4.71. The molecule has 0 spiro atoms. The molecule has 1 aromatic heterocycles. The third-order valence-electron chi connectivity index (χ3n) is 4.87. The van der Waals surface area contributed by atoms with Gasteiger partial charge < -0.3 is 14.6 Å². The zero-order valence-corrected chi connectivity index (χ0v) is 19.1. The Labute approximate surface area is 193 Å². The topological polar surface area (TPSA) is 110 Å². The Morgan fingerprint density at radius 3 is 2.50 bits per heavy atom. The second-order valence-electron chi connectivity index (χ2n) is 6.90. The minimum atomic E-state index is -0.741. The molecule has 1 amide bonds. The van der Waals surface area contributed by atoms with E-state index < -0.39 is 10.8 Å². The van der Waals surface area contributed by atoms with Crippen molar-refractivity contribution in [3.63, 3.8) is 0 Å². The predicted octanol–water partition coefficient (Wildman–Crippen LogP) is 5.32. The number of hydrogen-bond donors (Lipinski definition) is 1. The molecule has 0 fully saturated rings. The van der Waals surface area contributed by atoms with Gasteiger partial charge in [0, 0.05) is 21.5 Å². The number of nitro benzene ring substituents is 1. The maximum atomic E-state index is 12.7. The number of hydrogen-bond acceptors (Lipinski definition) is 5. The molecule has 0 aliphatic heterocycles. The lowest BCUT2D eigenvalue weighted by Crippen LogP contribution is -2.14. The van der Waals surface area contributed by atoms with Gasteiger partial charge in [-0.15, -0.1) is 0 Å². The summed E-state index contributed by atoms with van der Waals surface area (Å²) in [5.41, 5.74) is 2.89. The number of halogens is 1. The summed E-state index contributed by atoms with van der Waals surface area (Å²) in [6.45, 7) is 3.82. The number of nitrogens with zero attached hydrogens (tertiary/aromatic N) is 3. The molecule has 0 unspecified atom stereocenters. The van der Waals surface area contributed by atoms with Gasteiger partial charge in [0.15, 0.2) is 0 Å². The summed E-state index contributed by atoms with van der Waals surface area (Å²) in [6.07, 6.45) is 1.47. The lowest BCUT2D eigenvalue weighted by Gasteiger charge is -2.10. The third-order valence-corrected chi connectivity index (χ3v) is 5.40. The summed E-state index contributed by atoms with van der Waals surface area (Å²) < 4.78 is 7.97. The van der Waals surface area contributed by atoms with Crippen LogP contribution in [0.4, 0.5) is 11.4 Å². The zero-order valence-electron chi connectivity index (χ0n) is 17.5. The highest BCUT2D eigenvalue weighted by Crippen LogP contribution is 2.30. The van der Waals surface area contributed by atoms with Crippen molar-refractivity contribution in [2.75, 3.05) is 12.4 Å². The fourth-order valence-electron chi connectivity index (χ4n) is 3.31. The summed E-state index contributed by atoms with van der Waals surface area (Å²) in [6, 6.07) is 15.6. The van der Waals surface area contributed by atoms with E-state index in [1.807, 2.05) is 54.8 Å². The smallest absolute Gasteiger partial charge is 0.296 e. The van der Waals surface area contributed by atoms with Gasteiger partial charge in [-0.1, -0.05) is 15.9 Å². The van der Waals surface area contributed by atoms with Gasteiger partial charge in [0.1, 0.15) is 23.1 Å². The summed E-state index contributed by atoms with van der Waals surface area (Å²) in [4.78, 5) is 23.5. The van der Waals surface area contributed by atoms with Gasteiger partial charge in [-0.05, 0) is 68.0 Å². The van der Waals surface area contributed by atoms with Gasteiger partial charge in [0.2, 0.25) is 0 Å². The van der Waals surface area contributed by atoms with Gasteiger partial charge in [0.25, 0.3) is 11.6 Å². The van der Waals surface area contributed by atoms with Crippen LogP contribution in [0.5, 0.6) is 5.75 Å². The minimum Gasteiger partial charge on any atom is -0.496 e. The highest BCUT2D eigenvalue weighted by Gasteiger charge is 2.20. The molecule has 0 bridgehead atoms. The van der Waals surface area contributed by atoms with Crippen LogP contribution in [-0.2, 0) is 4.79 Å². The van der Waals surface area contributed by atoms with E-state index >= 15 is 0 Å².